The van der Waals surface area contributed by atoms with Gasteiger partial charge in [-0.2, -0.15) is 10.2 Å². The number of nitrogens with one attached hydrogen (secondary N) is 1. The average molecular weight is 497 g/mol. The lowest BCUT2D eigenvalue weighted by molar-refractivity contribution is 0.163. The molecule has 10 heteroatoms. The van der Waals surface area contributed by atoms with Gasteiger partial charge in [-0.15, -0.1) is 0 Å². The van der Waals surface area contributed by atoms with E-state index >= 15 is 0 Å². The number of nitriles is 1. The highest BCUT2D eigenvalue weighted by Crippen LogP contribution is 2.38. The SMILES string of the molecule is CCOCCS(=O)(=O)NC1CCc2c(-c3noc(-c4ccc(OC(C)C)c(C#N)c4)n3)cccc21. The zero-order valence-corrected chi connectivity index (χ0v) is 20.8. The molecule has 0 saturated carbocycles. The molecule has 0 saturated heterocycles. The van der Waals surface area contributed by atoms with Gasteiger partial charge in [-0.05, 0) is 62.9 Å². The van der Waals surface area contributed by atoms with Crippen LogP contribution in [0.2, 0.25) is 0 Å². The predicted octanol–water partition coefficient (Wildman–Crippen LogP) is 4.01. The fourth-order valence-electron chi connectivity index (χ4n) is 4.13. The van der Waals surface area contributed by atoms with E-state index in [1.54, 1.807) is 18.2 Å². The smallest absolute Gasteiger partial charge is 0.258 e. The van der Waals surface area contributed by atoms with Crippen molar-refractivity contribution >= 4 is 10.0 Å². The summed E-state index contributed by atoms with van der Waals surface area (Å²) in [6, 6.07) is 12.7. The lowest BCUT2D eigenvalue weighted by atomic mass is 10.0. The minimum absolute atomic E-state index is 0.0545. The van der Waals surface area contributed by atoms with E-state index in [4.69, 9.17) is 14.0 Å². The maximum Gasteiger partial charge on any atom is 0.258 e. The normalized spacial score (nSPS) is 15.2. The molecule has 3 aromatic rings. The molecule has 0 bridgehead atoms. The molecule has 2 aromatic carbocycles. The summed E-state index contributed by atoms with van der Waals surface area (Å²) < 4.78 is 44.1. The summed E-state index contributed by atoms with van der Waals surface area (Å²) in [5, 5.41) is 13.7. The highest BCUT2D eigenvalue weighted by molar-refractivity contribution is 7.89. The van der Waals surface area contributed by atoms with Crippen molar-refractivity contribution in [3.8, 4) is 34.7 Å². The Balaban J connectivity index is 1.57. The first-order valence-electron chi connectivity index (χ1n) is 11.6. The lowest BCUT2D eigenvalue weighted by Gasteiger charge is -2.15. The van der Waals surface area contributed by atoms with Crippen LogP contribution in [0.5, 0.6) is 5.75 Å². The van der Waals surface area contributed by atoms with Gasteiger partial charge in [0.15, 0.2) is 0 Å². The highest BCUT2D eigenvalue weighted by atomic mass is 32.2. The fraction of sp³-hybridized carbons (Fsp3) is 0.400. The van der Waals surface area contributed by atoms with E-state index in [1.165, 1.54) is 0 Å². The van der Waals surface area contributed by atoms with Gasteiger partial charge >= 0.3 is 0 Å². The van der Waals surface area contributed by atoms with Gasteiger partial charge in [0.05, 0.1) is 24.0 Å². The second-order valence-corrected chi connectivity index (χ2v) is 10.4. The quantitative estimate of drug-likeness (QED) is 0.417. The fourth-order valence-corrected chi connectivity index (χ4v) is 5.27. The van der Waals surface area contributed by atoms with Crippen LogP contribution in [0.1, 0.15) is 49.9 Å². The summed E-state index contributed by atoms with van der Waals surface area (Å²) in [7, 11) is -3.47. The Morgan fingerprint density at radius 3 is 2.86 bits per heavy atom. The Bertz CT molecular complexity index is 1340. The largest absolute Gasteiger partial charge is 0.490 e. The number of aromatic nitrogens is 2. The molecule has 9 nitrogen and oxygen atoms in total. The van der Waals surface area contributed by atoms with Gasteiger partial charge in [-0.1, -0.05) is 23.4 Å². The minimum Gasteiger partial charge on any atom is -0.490 e. The number of hydrogen-bond acceptors (Lipinski definition) is 8. The Kier molecular flexibility index (Phi) is 7.50. The van der Waals surface area contributed by atoms with E-state index in [0.717, 1.165) is 16.7 Å². The molecule has 1 N–H and O–H groups in total. The summed E-state index contributed by atoms with van der Waals surface area (Å²) in [6.45, 7) is 6.26. The molecule has 0 spiro atoms. The van der Waals surface area contributed by atoms with Crippen molar-refractivity contribution in [2.24, 2.45) is 0 Å². The Labute approximate surface area is 205 Å². The van der Waals surface area contributed by atoms with Crippen LogP contribution in [0.25, 0.3) is 22.8 Å². The zero-order valence-electron chi connectivity index (χ0n) is 19.9. The topological polar surface area (TPSA) is 127 Å². The van der Waals surface area contributed by atoms with Crippen LogP contribution in [0.4, 0.5) is 0 Å². The Morgan fingerprint density at radius 2 is 2.11 bits per heavy atom. The average Bonchev–Trinajstić information content (AvgIpc) is 3.47. The van der Waals surface area contributed by atoms with Gasteiger partial charge in [0.1, 0.15) is 11.8 Å². The van der Waals surface area contributed by atoms with E-state index in [9.17, 15) is 13.7 Å². The number of benzene rings is 2. The standard InChI is InChI=1S/C25H28N4O5S/c1-4-32-12-13-35(30,31)29-22-10-9-19-20(22)6-5-7-21(19)24-27-25(34-28-24)17-8-11-23(33-16(2)3)18(14-17)15-26/h5-8,11,14,16,22,29H,4,9-10,12-13H2,1-3H3. The predicted molar refractivity (Wildman–Crippen MR) is 130 cm³/mol. The third-order valence-corrected chi connectivity index (χ3v) is 7.02. The molecule has 0 amide bonds. The van der Waals surface area contributed by atoms with Crippen molar-refractivity contribution in [3.05, 3.63) is 53.1 Å². The number of ether oxygens (including phenoxy) is 2. The summed E-state index contributed by atoms with van der Waals surface area (Å²) in [6.07, 6.45) is 1.28. The number of sulfonamides is 1. The van der Waals surface area contributed by atoms with Crippen LogP contribution >= 0.6 is 0 Å². The first-order valence-corrected chi connectivity index (χ1v) is 13.2. The molecule has 1 aliphatic rings. The molecule has 0 radical (unpaired) electrons. The van der Waals surface area contributed by atoms with Crippen molar-refractivity contribution < 1.29 is 22.4 Å². The van der Waals surface area contributed by atoms with Gasteiger partial charge in [-0.3, -0.25) is 0 Å². The van der Waals surface area contributed by atoms with Gasteiger partial charge < -0.3 is 14.0 Å². The van der Waals surface area contributed by atoms with Crippen LogP contribution in [0.3, 0.4) is 0 Å². The van der Waals surface area contributed by atoms with Gasteiger partial charge in [0, 0.05) is 23.8 Å². The lowest BCUT2D eigenvalue weighted by Crippen LogP contribution is -2.31. The molecule has 1 aliphatic carbocycles. The number of hydrogen-bond donors (Lipinski definition) is 1. The first kappa shape index (κ1) is 24.9. The van der Waals surface area contributed by atoms with E-state index in [1.807, 2.05) is 39.0 Å². The molecule has 35 heavy (non-hydrogen) atoms. The van der Waals surface area contributed by atoms with Crippen LogP contribution in [-0.2, 0) is 21.2 Å². The van der Waals surface area contributed by atoms with Gasteiger partial charge in [-0.25, -0.2) is 13.1 Å². The summed E-state index contributed by atoms with van der Waals surface area (Å²) in [4.78, 5) is 4.56. The van der Waals surface area contributed by atoms with Crippen molar-refractivity contribution in [1.82, 2.24) is 14.9 Å². The minimum atomic E-state index is -3.47. The van der Waals surface area contributed by atoms with Crippen molar-refractivity contribution in [1.29, 1.82) is 5.26 Å². The third kappa shape index (κ3) is 5.70. The highest BCUT2D eigenvalue weighted by Gasteiger charge is 2.29. The number of fused-ring (bicyclic) bond motifs is 1. The maximum absolute atomic E-state index is 12.5. The van der Waals surface area contributed by atoms with Crippen LogP contribution in [0, 0.1) is 11.3 Å². The summed E-state index contributed by atoms with van der Waals surface area (Å²) in [5.41, 5.74) is 3.71. The maximum atomic E-state index is 12.5. The van der Waals surface area contributed by atoms with Gasteiger partial charge in [0.2, 0.25) is 15.8 Å². The Hall–Kier alpha value is -3.26. The molecule has 1 heterocycles. The molecule has 0 fully saturated rings. The monoisotopic (exact) mass is 496 g/mol. The molecule has 1 unspecified atom stereocenters. The number of rotatable bonds is 10. The second kappa shape index (κ2) is 10.6. The molecular formula is C25H28N4O5S. The van der Waals surface area contributed by atoms with E-state index in [-0.39, 0.29) is 30.4 Å². The summed E-state index contributed by atoms with van der Waals surface area (Å²) >= 11 is 0. The second-order valence-electron chi connectivity index (χ2n) is 8.51. The summed E-state index contributed by atoms with van der Waals surface area (Å²) in [5.74, 6) is 1.13. The third-order valence-electron chi connectivity index (χ3n) is 5.67. The molecule has 1 aromatic heterocycles. The Morgan fingerprint density at radius 1 is 1.29 bits per heavy atom. The van der Waals surface area contributed by atoms with Gasteiger partial charge in [0.25, 0.3) is 5.89 Å². The van der Waals surface area contributed by atoms with Crippen molar-refractivity contribution in [3.63, 3.8) is 0 Å². The molecular weight excluding hydrogens is 468 g/mol. The van der Waals surface area contributed by atoms with Crippen LogP contribution in [-0.4, -0.2) is 43.6 Å². The van der Waals surface area contributed by atoms with Crippen LogP contribution in [0.15, 0.2) is 40.9 Å². The zero-order chi connectivity index (χ0) is 25.0. The molecule has 1 atom stereocenters. The van der Waals surface area contributed by atoms with E-state index in [2.05, 4.69) is 20.9 Å². The molecule has 184 valence electrons. The molecule has 0 aliphatic heterocycles. The number of nitrogens with zero attached hydrogens (tertiary/aromatic N) is 3. The first-order chi connectivity index (χ1) is 16.8. The van der Waals surface area contributed by atoms with E-state index in [0.29, 0.717) is 42.1 Å². The van der Waals surface area contributed by atoms with Crippen molar-refractivity contribution in [2.75, 3.05) is 19.0 Å². The van der Waals surface area contributed by atoms with Crippen molar-refractivity contribution in [2.45, 2.75) is 45.8 Å². The van der Waals surface area contributed by atoms with E-state index < -0.39 is 10.0 Å². The van der Waals surface area contributed by atoms with Crippen LogP contribution < -0.4 is 9.46 Å². The molecule has 4 rings (SSSR count).